The zero-order valence-electron chi connectivity index (χ0n) is 8.28. The molecule has 0 radical (unpaired) electrons. The van der Waals surface area contributed by atoms with E-state index in [-0.39, 0.29) is 12.5 Å². The molecule has 1 saturated carbocycles. The molecule has 0 saturated heterocycles. The largest absolute Gasteiger partial charge is 0.347 e. The molecule has 1 aromatic rings. The minimum absolute atomic E-state index is 0.208. The summed E-state index contributed by atoms with van der Waals surface area (Å²) < 4.78 is 4.75. The Morgan fingerprint density at radius 2 is 2.47 bits per heavy atom. The summed E-state index contributed by atoms with van der Waals surface area (Å²) in [5, 5.41) is 15.0. The van der Waals surface area contributed by atoms with E-state index in [0.29, 0.717) is 24.6 Å². The van der Waals surface area contributed by atoms with Gasteiger partial charge in [-0.1, -0.05) is 5.16 Å². The van der Waals surface area contributed by atoms with Crippen molar-refractivity contribution >= 4 is 5.91 Å². The van der Waals surface area contributed by atoms with Crippen LogP contribution in [-0.4, -0.2) is 16.0 Å². The zero-order valence-corrected chi connectivity index (χ0v) is 8.28. The molecule has 1 aromatic heterocycles. The number of nitrogens with zero attached hydrogens (tertiary/aromatic N) is 3. The SMILES string of the molecule is Cc1nc(CNC(=O)C2(C#N)CC2)no1. The van der Waals surface area contributed by atoms with Gasteiger partial charge in [-0.15, -0.1) is 0 Å². The van der Waals surface area contributed by atoms with Gasteiger partial charge in [0.1, 0.15) is 5.41 Å². The smallest absolute Gasteiger partial charge is 0.240 e. The van der Waals surface area contributed by atoms with Crippen LogP contribution in [0.3, 0.4) is 0 Å². The highest BCUT2D eigenvalue weighted by molar-refractivity contribution is 5.88. The van der Waals surface area contributed by atoms with E-state index in [1.807, 2.05) is 6.07 Å². The van der Waals surface area contributed by atoms with Gasteiger partial charge in [-0.2, -0.15) is 10.2 Å². The molecule has 1 heterocycles. The number of aryl methyl sites for hydroxylation is 1. The summed E-state index contributed by atoms with van der Waals surface area (Å²) in [7, 11) is 0. The molecule has 1 aliphatic rings. The van der Waals surface area contributed by atoms with Gasteiger partial charge in [0.05, 0.1) is 12.6 Å². The molecule has 1 fully saturated rings. The first-order chi connectivity index (χ1) is 7.16. The normalized spacial score (nSPS) is 16.8. The lowest BCUT2D eigenvalue weighted by molar-refractivity contribution is -0.124. The number of hydrogen-bond acceptors (Lipinski definition) is 5. The van der Waals surface area contributed by atoms with Gasteiger partial charge in [-0.3, -0.25) is 4.79 Å². The highest BCUT2D eigenvalue weighted by Gasteiger charge is 2.50. The van der Waals surface area contributed by atoms with Crippen LogP contribution in [-0.2, 0) is 11.3 Å². The van der Waals surface area contributed by atoms with Crippen LogP contribution in [0.1, 0.15) is 24.6 Å². The van der Waals surface area contributed by atoms with Gasteiger partial charge in [0, 0.05) is 6.92 Å². The monoisotopic (exact) mass is 206 g/mol. The van der Waals surface area contributed by atoms with Crippen LogP contribution in [0.4, 0.5) is 0 Å². The molecule has 1 aliphatic carbocycles. The van der Waals surface area contributed by atoms with E-state index in [0.717, 1.165) is 0 Å². The average Bonchev–Trinajstić information content (AvgIpc) is 2.93. The Kier molecular flexibility index (Phi) is 2.15. The van der Waals surface area contributed by atoms with Crippen molar-refractivity contribution < 1.29 is 9.32 Å². The summed E-state index contributed by atoms with van der Waals surface area (Å²) in [5.41, 5.74) is -0.793. The van der Waals surface area contributed by atoms with Crippen molar-refractivity contribution in [2.45, 2.75) is 26.3 Å². The summed E-state index contributed by atoms with van der Waals surface area (Å²) in [4.78, 5) is 15.5. The third kappa shape index (κ3) is 1.81. The summed E-state index contributed by atoms with van der Waals surface area (Å²) >= 11 is 0. The first-order valence-electron chi connectivity index (χ1n) is 4.65. The number of hydrogen-bond donors (Lipinski definition) is 1. The minimum atomic E-state index is -0.793. The Morgan fingerprint density at radius 3 is 2.93 bits per heavy atom. The lowest BCUT2D eigenvalue weighted by Crippen LogP contribution is -2.31. The second kappa shape index (κ2) is 3.35. The van der Waals surface area contributed by atoms with Gasteiger partial charge < -0.3 is 9.84 Å². The first-order valence-corrected chi connectivity index (χ1v) is 4.65. The summed E-state index contributed by atoms with van der Waals surface area (Å²) in [6, 6.07) is 2.02. The van der Waals surface area contributed by atoms with E-state index in [1.54, 1.807) is 6.92 Å². The standard InChI is InChI=1S/C9H10N4O2/c1-6-12-7(13-15-6)4-11-8(14)9(5-10)2-3-9/h2-4H2,1H3,(H,11,14). The zero-order chi connectivity index (χ0) is 10.9. The third-order valence-electron chi connectivity index (χ3n) is 2.38. The molecule has 0 aliphatic heterocycles. The first kappa shape index (κ1) is 9.65. The summed E-state index contributed by atoms with van der Waals surface area (Å²) in [5.74, 6) is 0.641. The number of carbonyl (C=O) groups excluding carboxylic acids is 1. The van der Waals surface area contributed by atoms with Crippen molar-refractivity contribution in [2.75, 3.05) is 0 Å². The van der Waals surface area contributed by atoms with Crippen molar-refractivity contribution in [1.29, 1.82) is 5.26 Å². The predicted molar refractivity (Wildman–Crippen MR) is 48.2 cm³/mol. The van der Waals surface area contributed by atoms with Gasteiger partial charge >= 0.3 is 0 Å². The second-order valence-electron chi connectivity index (χ2n) is 3.61. The fourth-order valence-electron chi connectivity index (χ4n) is 1.26. The lowest BCUT2D eigenvalue weighted by Gasteiger charge is -2.04. The van der Waals surface area contributed by atoms with Crippen LogP contribution in [0.2, 0.25) is 0 Å². The molecule has 1 amide bonds. The average molecular weight is 206 g/mol. The van der Waals surface area contributed by atoms with Crippen LogP contribution in [0.15, 0.2) is 4.52 Å². The number of rotatable bonds is 3. The minimum Gasteiger partial charge on any atom is -0.347 e. The van der Waals surface area contributed by atoms with Crippen LogP contribution in [0, 0.1) is 23.7 Å². The topological polar surface area (TPSA) is 91.8 Å². The second-order valence-corrected chi connectivity index (χ2v) is 3.61. The fraction of sp³-hybridized carbons (Fsp3) is 0.556. The van der Waals surface area contributed by atoms with Crippen molar-refractivity contribution in [3.05, 3.63) is 11.7 Å². The van der Waals surface area contributed by atoms with Gasteiger partial charge in [-0.25, -0.2) is 0 Å². The number of nitrogens with one attached hydrogen (secondary N) is 1. The van der Waals surface area contributed by atoms with Gasteiger partial charge in [0.25, 0.3) is 0 Å². The molecule has 15 heavy (non-hydrogen) atoms. The Balaban J connectivity index is 1.89. The number of nitriles is 1. The highest BCUT2D eigenvalue weighted by Crippen LogP contribution is 2.44. The molecule has 0 aromatic carbocycles. The van der Waals surface area contributed by atoms with Gasteiger partial charge in [-0.05, 0) is 12.8 Å². The Bertz CT molecular complexity index is 428. The summed E-state index contributed by atoms with van der Waals surface area (Å²) in [6.45, 7) is 1.88. The molecular formula is C9H10N4O2. The van der Waals surface area contributed by atoms with E-state index in [4.69, 9.17) is 9.78 Å². The van der Waals surface area contributed by atoms with E-state index in [1.165, 1.54) is 0 Å². The fourth-order valence-corrected chi connectivity index (χ4v) is 1.26. The van der Waals surface area contributed by atoms with Crippen LogP contribution in [0.5, 0.6) is 0 Å². The van der Waals surface area contributed by atoms with Crippen LogP contribution >= 0.6 is 0 Å². The van der Waals surface area contributed by atoms with Crippen molar-refractivity contribution in [3.8, 4) is 6.07 Å². The molecule has 0 atom stereocenters. The van der Waals surface area contributed by atoms with E-state index < -0.39 is 5.41 Å². The van der Waals surface area contributed by atoms with Crippen molar-refractivity contribution in [3.63, 3.8) is 0 Å². The molecule has 2 rings (SSSR count). The molecule has 6 heteroatoms. The molecule has 0 unspecified atom stereocenters. The van der Waals surface area contributed by atoms with Gasteiger partial charge in [0.2, 0.25) is 11.8 Å². The Hall–Kier alpha value is -1.90. The van der Waals surface area contributed by atoms with E-state index in [2.05, 4.69) is 15.5 Å². The van der Waals surface area contributed by atoms with Crippen LogP contribution in [0.25, 0.3) is 0 Å². The lowest BCUT2D eigenvalue weighted by atomic mass is 10.1. The number of carbonyl (C=O) groups is 1. The quantitative estimate of drug-likeness (QED) is 0.767. The van der Waals surface area contributed by atoms with Crippen LogP contribution < -0.4 is 5.32 Å². The molecular weight excluding hydrogens is 196 g/mol. The summed E-state index contributed by atoms with van der Waals surface area (Å²) in [6.07, 6.45) is 1.28. The maximum Gasteiger partial charge on any atom is 0.240 e. The third-order valence-corrected chi connectivity index (χ3v) is 2.38. The van der Waals surface area contributed by atoms with Gasteiger partial charge in [0.15, 0.2) is 5.82 Å². The maximum absolute atomic E-state index is 11.5. The van der Waals surface area contributed by atoms with Crippen molar-refractivity contribution in [2.24, 2.45) is 5.41 Å². The van der Waals surface area contributed by atoms with E-state index >= 15 is 0 Å². The molecule has 0 bridgehead atoms. The molecule has 78 valence electrons. The predicted octanol–water partition coefficient (Wildman–Crippen LogP) is 0.298. The number of amides is 1. The highest BCUT2D eigenvalue weighted by atomic mass is 16.5. The molecule has 6 nitrogen and oxygen atoms in total. The van der Waals surface area contributed by atoms with Crippen molar-refractivity contribution in [1.82, 2.24) is 15.5 Å². The maximum atomic E-state index is 11.5. The number of aromatic nitrogens is 2. The molecule has 0 spiro atoms. The Morgan fingerprint density at radius 1 is 1.73 bits per heavy atom. The molecule has 1 N–H and O–H groups in total. The van der Waals surface area contributed by atoms with E-state index in [9.17, 15) is 4.79 Å². The Labute approximate surface area is 86.3 Å².